The third-order valence-corrected chi connectivity index (χ3v) is 8.99. The fourth-order valence-corrected chi connectivity index (χ4v) is 5.37. The molecule has 0 aliphatic carbocycles. The summed E-state index contributed by atoms with van der Waals surface area (Å²) in [5, 5.41) is 15.2. The van der Waals surface area contributed by atoms with Crippen LogP contribution in [0, 0.1) is 0 Å². The van der Waals surface area contributed by atoms with Gasteiger partial charge in [0.25, 0.3) is 0 Å². The molecule has 0 saturated carbocycles. The fourth-order valence-electron chi connectivity index (χ4n) is 5.37. The van der Waals surface area contributed by atoms with Crippen molar-refractivity contribution in [2.24, 2.45) is 40.1 Å². The van der Waals surface area contributed by atoms with E-state index in [4.69, 9.17) is 49.6 Å². The highest BCUT2D eigenvalue weighted by molar-refractivity contribution is 5.82. The number of hydrogen-bond donors (Lipinski definition) is 12. The summed E-state index contributed by atoms with van der Waals surface area (Å²) in [7, 11) is 0. The predicted molar refractivity (Wildman–Crippen MR) is 213 cm³/mol. The highest BCUT2D eigenvalue weighted by atomic mass is 16.5. The molecule has 0 aliphatic rings. The van der Waals surface area contributed by atoms with Crippen LogP contribution in [0.1, 0.15) is 122 Å². The fraction of sp³-hybridized carbons (Fsp3) is 0.917. The zero-order valence-electron chi connectivity index (χ0n) is 32.9. The van der Waals surface area contributed by atoms with E-state index in [0.717, 1.165) is 83.6 Å². The van der Waals surface area contributed by atoms with Crippen molar-refractivity contribution in [3.63, 3.8) is 0 Å². The Hall–Kier alpha value is -2.03. The van der Waals surface area contributed by atoms with E-state index in [1.54, 1.807) is 0 Å². The number of nitrogens with one attached hydrogen (secondary N) is 5. The quantitative estimate of drug-likeness (QED) is 0.0275. The summed E-state index contributed by atoms with van der Waals surface area (Å²) in [6, 6.07) is -1.44. The molecule has 0 radical (unpaired) electrons. The number of unbranched alkanes of at least 4 members (excludes halogenated alkanes) is 6. The second-order valence-electron chi connectivity index (χ2n) is 14.0. The van der Waals surface area contributed by atoms with Crippen molar-refractivity contribution >= 4 is 17.7 Å². The Labute approximate surface area is 319 Å². The zero-order valence-corrected chi connectivity index (χ0v) is 32.9. The van der Waals surface area contributed by atoms with Gasteiger partial charge in [-0.05, 0) is 129 Å². The first-order chi connectivity index (χ1) is 25.5. The van der Waals surface area contributed by atoms with Gasteiger partial charge in [-0.25, -0.2) is 0 Å². The minimum absolute atomic E-state index is 0.156. The van der Waals surface area contributed by atoms with Crippen LogP contribution >= 0.6 is 0 Å². The van der Waals surface area contributed by atoms with Gasteiger partial charge in [-0.15, -0.1) is 0 Å². The Kier molecular flexibility index (Phi) is 34.3. The molecule has 3 amide bonds. The van der Waals surface area contributed by atoms with Crippen molar-refractivity contribution in [1.29, 1.82) is 0 Å². The minimum atomic E-state index is -0.606. The third-order valence-electron chi connectivity index (χ3n) is 8.99. The SMILES string of the molecule is CC(CCCCNC(=O)C(N)CCCCNC(=O)C(N)CCCCNC(=O)C(N)CCCCN)NCOC(N)CCCCNCOC(N)CCCCN. The molecule has 17 heteroatoms. The third kappa shape index (κ3) is 32.0. The first-order valence-corrected chi connectivity index (χ1v) is 20.2. The number of amides is 3. The van der Waals surface area contributed by atoms with Gasteiger partial charge in [0.1, 0.15) is 12.5 Å². The average molecular weight is 761 g/mol. The molecule has 0 aliphatic heterocycles. The van der Waals surface area contributed by atoms with Crippen molar-refractivity contribution in [3.05, 3.63) is 0 Å². The zero-order chi connectivity index (χ0) is 39.5. The molecule has 0 rings (SSSR count). The number of hydrogen-bond acceptors (Lipinski definition) is 14. The van der Waals surface area contributed by atoms with E-state index in [-0.39, 0.29) is 36.2 Å². The summed E-state index contributed by atoms with van der Waals surface area (Å²) >= 11 is 0. The Morgan fingerprint density at radius 1 is 0.472 bits per heavy atom. The second-order valence-corrected chi connectivity index (χ2v) is 14.0. The van der Waals surface area contributed by atoms with Gasteiger partial charge in [-0.3, -0.25) is 25.0 Å². The van der Waals surface area contributed by atoms with E-state index < -0.39 is 18.1 Å². The summed E-state index contributed by atoms with van der Waals surface area (Å²) in [5.74, 6) is -0.519. The topological polar surface area (TPSA) is 312 Å². The largest absolute Gasteiger partial charge is 0.355 e. The molecule has 19 N–H and O–H groups in total. The van der Waals surface area contributed by atoms with Crippen LogP contribution in [0.5, 0.6) is 0 Å². The van der Waals surface area contributed by atoms with E-state index in [0.29, 0.717) is 84.7 Å². The number of carbonyl (C=O) groups is 3. The molecular formula is C36H80N12O5. The molecule has 53 heavy (non-hydrogen) atoms. The van der Waals surface area contributed by atoms with Gasteiger partial charge in [-0.2, -0.15) is 0 Å². The van der Waals surface area contributed by atoms with Crippen LogP contribution in [0.2, 0.25) is 0 Å². The molecule has 17 nitrogen and oxygen atoms in total. The van der Waals surface area contributed by atoms with Crippen LogP contribution in [0.25, 0.3) is 0 Å². The number of carbonyl (C=O) groups excluding carboxylic acids is 3. The van der Waals surface area contributed by atoms with Gasteiger partial charge in [0.05, 0.1) is 31.6 Å². The van der Waals surface area contributed by atoms with E-state index >= 15 is 0 Å². The second kappa shape index (κ2) is 35.7. The molecule has 0 aromatic carbocycles. The van der Waals surface area contributed by atoms with Crippen molar-refractivity contribution in [3.8, 4) is 0 Å². The minimum Gasteiger partial charge on any atom is -0.355 e. The van der Waals surface area contributed by atoms with Gasteiger partial charge < -0.3 is 65.6 Å². The van der Waals surface area contributed by atoms with Crippen LogP contribution in [0.15, 0.2) is 0 Å². The summed E-state index contributed by atoms with van der Waals surface area (Å²) in [6.07, 6.45) is 13.9. The smallest absolute Gasteiger partial charge is 0.236 e. The van der Waals surface area contributed by atoms with Crippen molar-refractivity contribution in [2.75, 3.05) is 52.7 Å². The molecule has 6 unspecified atom stereocenters. The molecule has 0 bridgehead atoms. The molecule has 0 aromatic rings. The molecule has 6 atom stereocenters. The predicted octanol–water partition coefficient (Wildman–Crippen LogP) is -0.658. The maximum Gasteiger partial charge on any atom is 0.236 e. The maximum absolute atomic E-state index is 12.4. The van der Waals surface area contributed by atoms with Crippen molar-refractivity contribution in [1.82, 2.24) is 26.6 Å². The molecule has 0 saturated heterocycles. The summed E-state index contributed by atoms with van der Waals surface area (Å²) in [5.41, 5.74) is 40.9. The average Bonchev–Trinajstić information content (AvgIpc) is 3.13. The summed E-state index contributed by atoms with van der Waals surface area (Å²) in [6.45, 7) is 6.60. The van der Waals surface area contributed by atoms with Gasteiger partial charge in [0, 0.05) is 25.7 Å². The lowest BCUT2D eigenvalue weighted by Gasteiger charge is -2.18. The lowest BCUT2D eigenvalue weighted by atomic mass is 10.1. The molecule has 0 aromatic heterocycles. The number of rotatable bonds is 38. The summed E-state index contributed by atoms with van der Waals surface area (Å²) in [4.78, 5) is 36.6. The van der Waals surface area contributed by atoms with E-state index in [1.807, 2.05) is 0 Å². The van der Waals surface area contributed by atoms with Crippen molar-refractivity contribution in [2.45, 2.75) is 159 Å². The Morgan fingerprint density at radius 3 is 1.28 bits per heavy atom. The number of nitrogens with two attached hydrogens (primary N) is 7. The first kappa shape index (κ1) is 51.0. The van der Waals surface area contributed by atoms with E-state index in [1.165, 1.54) is 0 Å². The normalized spacial score (nSPS) is 14.9. The monoisotopic (exact) mass is 761 g/mol. The number of ether oxygens (including phenoxy) is 2. The Morgan fingerprint density at radius 2 is 0.830 bits per heavy atom. The van der Waals surface area contributed by atoms with Crippen LogP contribution in [-0.2, 0) is 23.9 Å². The lowest BCUT2D eigenvalue weighted by Crippen LogP contribution is -2.42. The first-order valence-electron chi connectivity index (χ1n) is 20.2. The maximum atomic E-state index is 12.4. The van der Waals surface area contributed by atoms with Crippen LogP contribution in [-0.4, -0.2) is 107 Å². The van der Waals surface area contributed by atoms with E-state index in [9.17, 15) is 14.4 Å². The van der Waals surface area contributed by atoms with Gasteiger partial charge in [0.15, 0.2) is 0 Å². The summed E-state index contributed by atoms with van der Waals surface area (Å²) < 4.78 is 11.2. The van der Waals surface area contributed by atoms with Gasteiger partial charge >= 0.3 is 0 Å². The van der Waals surface area contributed by atoms with Gasteiger partial charge in [0.2, 0.25) is 17.7 Å². The molecule has 0 heterocycles. The lowest BCUT2D eigenvalue weighted by molar-refractivity contribution is -0.123. The molecule has 0 fully saturated rings. The highest BCUT2D eigenvalue weighted by Gasteiger charge is 2.16. The van der Waals surface area contributed by atoms with Crippen LogP contribution in [0.3, 0.4) is 0 Å². The van der Waals surface area contributed by atoms with Crippen LogP contribution < -0.4 is 66.7 Å². The van der Waals surface area contributed by atoms with Crippen LogP contribution in [0.4, 0.5) is 0 Å². The highest BCUT2D eigenvalue weighted by Crippen LogP contribution is 2.05. The van der Waals surface area contributed by atoms with E-state index in [2.05, 4.69) is 33.5 Å². The molecule has 314 valence electrons. The van der Waals surface area contributed by atoms with Crippen molar-refractivity contribution < 1.29 is 23.9 Å². The Bertz CT molecular complexity index is 894. The Balaban J connectivity index is 3.71. The standard InChI is InChI=1S/C36H80N12O5/c1-28(48-27-53-33(43)19-7-10-22-44-26-52-32(42)18-3-9-21-38)14-4-11-23-45-35(50)30(40)16-6-13-25-47-36(51)31(41)17-5-12-24-46-34(49)29(39)15-2-8-20-37/h28-33,44,48H,2-27,37-43H2,1H3,(H,45,50)(H,46,49)(H,47,51). The van der Waals surface area contributed by atoms with Gasteiger partial charge in [-0.1, -0.05) is 12.8 Å². The molecule has 0 spiro atoms. The molecular weight excluding hydrogens is 680 g/mol.